The molecule has 4 rings (SSSR count). The molecule has 0 saturated heterocycles. The van der Waals surface area contributed by atoms with Gasteiger partial charge in [0, 0.05) is 28.4 Å². The number of ether oxygens (including phenoxy) is 2. The van der Waals surface area contributed by atoms with Crippen LogP contribution in [-0.2, 0) is 11.3 Å². The van der Waals surface area contributed by atoms with Gasteiger partial charge in [-0.25, -0.2) is 4.79 Å². The molecule has 0 radical (unpaired) electrons. The van der Waals surface area contributed by atoms with E-state index in [1.165, 1.54) is 11.3 Å². The van der Waals surface area contributed by atoms with E-state index in [-0.39, 0.29) is 12.4 Å². The lowest BCUT2D eigenvalue weighted by atomic mass is 10.1. The van der Waals surface area contributed by atoms with Gasteiger partial charge in [-0.1, -0.05) is 68.4 Å². The van der Waals surface area contributed by atoms with Gasteiger partial charge < -0.3 is 20.5 Å². The van der Waals surface area contributed by atoms with Gasteiger partial charge in [-0.05, 0) is 35.4 Å². The molecule has 0 aliphatic heterocycles. The van der Waals surface area contributed by atoms with Crippen molar-refractivity contribution < 1.29 is 14.3 Å². The van der Waals surface area contributed by atoms with Crippen molar-refractivity contribution in [2.75, 3.05) is 11.9 Å². The van der Waals surface area contributed by atoms with Crippen LogP contribution in [-0.4, -0.2) is 24.6 Å². The monoisotopic (exact) mass is 502 g/mol. The molecule has 1 heterocycles. The zero-order chi connectivity index (χ0) is 25.5. The van der Waals surface area contributed by atoms with Crippen LogP contribution in [0.5, 0.6) is 5.75 Å². The Kier molecular flexibility index (Phi) is 8.20. The summed E-state index contributed by atoms with van der Waals surface area (Å²) in [4.78, 5) is 13.4. The zero-order valence-electron chi connectivity index (χ0n) is 20.3. The quantitative estimate of drug-likeness (QED) is 0.156. The van der Waals surface area contributed by atoms with E-state index < -0.39 is 12.2 Å². The van der Waals surface area contributed by atoms with Crippen LogP contribution >= 0.6 is 11.3 Å². The van der Waals surface area contributed by atoms with Crippen LogP contribution in [0, 0.1) is 5.41 Å². The van der Waals surface area contributed by atoms with E-state index in [4.69, 9.17) is 20.6 Å². The Balaban J connectivity index is 1.50. The Morgan fingerprint density at radius 1 is 1.03 bits per heavy atom. The van der Waals surface area contributed by atoms with Crippen molar-refractivity contribution in [2.24, 2.45) is 5.73 Å². The number of anilines is 1. The molecular formula is C28H30N4O3S. The molecule has 5 N–H and O–H groups in total. The summed E-state index contributed by atoms with van der Waals surface area (Å²) in [6, 6.07) is 25.2. The first-order valence-electron chi connectivity index (χ1n) is 11.7. The molecule has 0 aliphatic rings. The van der Waals surface area contributed by atoms with Gasteiger partial charge in [0.2, 0.25) is 0 Å². The minimum Gasteiger partial charge on any atom is -0.481 e. The van der Waals surface area contributed by atoms with Crippen LogP contribution < -0.4 is 21.1 Å². The lowest BCUT2D eigenvalue weighted by molar-refractivity contribution is 0.0910. The lowest BCUT2D eigenvalue weighted by Crippen LogP contribution is -2.24. The molecule has 7 nitrogen and oxygen atoms in total. The van der Waals surface area contributed by atoms with E-state index in [2.05, 4.69) is 24.5 Å². The normalized spacial score (nSPS) is 11.9. The summed E-state index contributed by atoms with van der Waals surface area (Å²) >= 11 is 1.44. The Morgan fingerprint density at radius 2 is 1.78 bits per heavy atom. The third-order valence-electron chi connectivity index (χ3n) is 5.55. The summed E-state index contributed by atoms with van der Waals surface area (Å²) in [5.41, 5.74) is 8.25. The van der Waals surface area contributed by atoms with Crippen molar-refractivity contribution in [2.45, 2.75) is 32.5 Å². The fourth-order valence-corrected chi connectivity index (χ4v) is 4.64. The van der Waals surface area contributed by atoms with E-state index in [0.717, 1.165) is 21.2 Å². The Hall–Kier alpha value is -3.88. The van der Waals surface area contributed by atoms with Gasteiger partial charge in [0.1, 0.15) is 18.2 Å². The second-order valence-electron chi connectivity index (χ2n) is 8.63. The Morgan fingerprint density at radius 3 is 2.53 bits per heavy atom. The maximum Gasteiger partial charge on any atom is 0.411 e. The molecule has 4 aromatic rings. The van der Waals surface area contributed by atoms with Crippen molar-refractivity contribution in [3.05, 3.63) is 94.9 Å². The molecule has 1 unspecified atom stereocenters. The van der Waals surface area contributed by atoms with Gasteiger partial charge in [-0.15, -0.1) is 11.3 Å². The zero-order valence-corrected chi connectivity index (χ0v) is 21.1. The summed E-state index contributed by atoms with van der Waals surface area (Å²) in [7, 11) is 0. The van der Waals surface area contributed by atoms with Crippen LogP contribution in [0.4, 0.5) is 10.5 Å². The molecule has 0 aliphatic carbocycles. The molecule has 0 saturated carbocycles. The molecule has 0 spiro atoms. The van der Waals surface area contributed by atoms with Gasteiger partial charge in [0.25, 0.3) is 0 Å². The second kappa shape index (κ2) is 11.7. The van der Waals surface area contributed by atoms with E-state index in [0.29, 0.717) is 28.9 Å². The van der Waals surface area contributed by atoms with Crippen molar-refractivity contribution >= 4 is 39.0 Å². The molecule has 1 atom stereocenters. The fourth-order valence-electron chi connectivity index (χ4n) is 3.70. The highest BCUT2D eigenvalue weighted by molar-refractivity contribution is 7.20. The first-order valence-corrected chi connectivity index (χ1v) is 12.6. The summed E-state index contributed by atoms with van der Waals surface area (Å²) in [5.74, 6) is 0.657. The number of hydrogen-bond donors (Lipinski definition) is 4. The standard InChI is InChI=1S/C28H30N4O3S/c1-18(2)31-16-20-11-6-7-12-22(20)32-28(33)34-17-24(19-9-4-3-5-10-19)35-23-13-8-14-25-21(23)15-26(36-25)27(29)30/h3-15,18,24,31H,16-17H2,1-2H3,(H3,29,30)(H,32,33). The van der Waals surface area contributed by atoms with E-state index >= 15 is 0 Å². The minimum atomic E-state index is -0.552. The third-order valence-corrected chi connectivity index (χ3v) is 6.68. The number of amides is 1. The number of hydrogen-bond acceptors (Lipinski definition) is 6. The smallest absolute Gasteiger partial charge is 0.411 e. The average molecular weight is 503 g/mol. The largest absolute Gasteiger partial charge is 0.481 e. The van der Waals surface area contributed by atoms with E-state index in [9.17, 15) is 4.79 Å². The van der Waals surface area contributed by atoms with E-state index in [1.54, 1.807) is 0 Å². The third kappa shape index (κ3) is 6.41. The van der Waals surface area contributed by atoms with Gasteiger partial charge in [0.15, 0.2) is 6.10 Å². The molecule has 0 bridgehead atoms. The summed E-state index contributed by atoms with van der Waals surface area (Å²) in [5, 5.41) is 14.8. The van der Waals surface area contributed by atoms with Gasteiger partial charge in [0.05, 0.1) is 4.88 Å². The van der Waals surface area contributed by atoms with E-state index in [1.807, 2.05) is 78.9 Å². The van der Waals surface area contributed by atoms with Crippen molar-refractivity contribution in [3.63, 3.8) is 0 Å². The van der Waals surface area contributed by atoms with Crippen molar-refractivity contribution in [1.29, 1.82) is 5.41 Å². The number of benzene rings is 3. The van der Waals surface area contributed by atoms with Gasteiger partial charge in [-0.2, -0.15) is 0 Å². The van der Waals surface area contributed by atoms with Crippen molar-refractivity contribution in [1.82, 2.24) is 5.32 Å². The average Bonchev–Trinajstić information content (AvgIpc) is 3.32. The number of amidine groups is 1. The molecular weight excluding hydrogens is 472 g/mol. The number of carbonyl (C=O) groups excluding carboxylic acids is 1. The Labute approximate surface area is 214 Å². The number of nitrogen functional groups attached to an aromatic ring is 1. The second-order valence-corrected chi connectivity index (χ2v) is 9.71. The van der Waals surface area contributed by atoms with Gasteiger partial charge >= 0.3 is 6.09 Å². The predicted octanol–water partition coefficient (Wildman–Crippen LogP) is 6.05. The molecule has 8 heteroatoms. The SMILES string of the molecule is CC(C)NCc1ccccc1NC(=O)OCC(Oc1cccc2sc(C(=N)N)cc12)c1ccccc1. The van der Waals surface area contributed by atoms with Crippen molar-refractivity contribution in [3.8, 4) is 5.75 Å². The number of thiophene rings is 1. The first-order chi connectivity index (χ1) is 17.4. The molecule has 3 aromatic carbocycles. The van der Waals surface area contributed by atoms with Crippen LogP contribution in [0.15, 0.2) is 78.9 Å². The molecule has 0 fully saturated rings. The summed E-state index contributed by atoms with van der Waals surface area (Å²) in [6.07, 6.45) is -1.08. The summed E-state index contributed by atoms with van der Waals surface area (Å²) in [6.45, 7) is 4.80. The van der Waals surface area contributed by atoms with Crippen LogP contribution in [0.2, 0.25) is 0 Å². The lowest BCUT2D eigenvalue weighted by Gasteiger charge is -2.21. The predicted molar refractivity (Wildman–Crippen MR) is 146 cm³/mol. The van der Waals surface area contributed by atoms with Gasteiger partial charge in [-0.3, -0.25) is 10.7 Å². The van der Waals surface area contributed by atoms with Crippen LogP contribution in [0.1, 0.15) is 36.0 Å². The molecule has 1 aromatic heterocycles. The highest BCUT2D eigenvalue weighted by atomic mass is 32.1. The fraction of sp³-hybridized carbons (Fsp3) is 0.214. The molecule has 36 heavy (non-hydrogen) atoms. The molecule has 1 amide bonds. The number of nitrogens with one attached hydrogen (secondary N) is 3. The maximum absolute atomic E-state index is 12.7. The number of carbonyl (C=O) groups is 1. The van der Waals surface area contributed by atoms with Crippen LogP contribution in [0.25, 0.3) is 10.1 Å². The summed E-state index contributed by atoms with van der Waals surface area (Å²) < 4.78 is 13.0. The minimum absolute atomic E-state index is 0.0162. The number of fused-ring (bicyclic) bond motifs is 1. The number of nitrogens with two attached hydrogens (primary N) is 1. The number of rotatable bonds is 10. The maximum atomic E-state index is 12.7. The highest BCUT2D eigenvalue weighted by Gasteiger charge is 2.19. The molecule has 186 valence electrons. The highest BCUT2D eigenvalue weighted by Crippen LogP contribution is 2.35. The van der Waals surface area contributed by atoms with Crippen LogP contribution in [0.3, 0.4) is 0 Å². The first kappa shape index (κ1) is 25.2. The topological polar surface area (TPSA) is 109 Å². The number of para-hydroxylation sites is 1. The Bertz CT molecular complexity index is 1340.